The number of carbonyl (C=O) groups excluding carboxylic acids is 1. The molecule has 1 saturated heterocycles. The molecule has 0 spiro atoms. The number of carboxylic acid groups (broad SMARTS) is 1. The van der Waals surface area contributed by atoms with E-state index in [4.69, 9.17) is 14.6 Å². The largest absolute Gasteiger partial charge is 0.494 e. The zero-order valence-corrected chi connectivity index (χ0v) is 13.0. The van der Waals surface area contributed by atoms with Crippen LogP contribution in [-0.4, -0.2) is 53.9 Å². The van der Waals surface area contributed by atoms with Crippen LogP contribution in [0.4, 0.5) is 4.39 Å². The molecule has 0 aromatic heterocycles. The van der Waals surface area contributed by atoms with Gasteiger partial charge in [-0.1, -0.05) is 6.92 Å². The second-order valence-electron chi connectivity index (χ2n) is 5.44. The number of halogens is 1. The molecule has 1 heterocycles. The summed E-state index contributed by atoms with van der Waals surface area (Å²) in [7, 11) is 0. The molecule has 7 heteroatoms. The highest BCUT2D eigenvalue weighted by Crippen LogP contribution is 2.26. The molecule has 0 aliphatic carbocycles. The second-order valence-corrected chi connectivity index (χ2v) is 5.44. The van der Waals surface area contributed by atoms with Gasteiger partial charge in [0.05, 0.1) is 13.2 Å². The summed E-state index contributed by atoms with van der Waals surface area (Å²) in [4.78, 5) is 23.9. The number of likely N-dealkylation sites (tertiary alicyclic amines) is 1. The number of alkyl halides is 1. The third-order valence-electron chi connectivity index (χ3n) is 3.61. The number of hydrogen-bond donors (Lipinski definition) is 1. The van der Waals surface area contributed by atoms with Crippen LogP contribution in [0.5, 0.6) is 11.5 Å². The molecule has 2 rings (SSSR count). The maximum absolute atomic E-state index is 13.9. The Hall–Kier alpha value is -2.31. The van der Waals surface area contributed by atoms with Crippen molar-refractivity contribution in [2.24, 2.45) is 0 Å². The van der Waals surface area contributed by atoms with Gasteiger partial charge in [-0.15, -0.1) is 0 Å². The first-order chi connectivity index (χ1) is 10.9. The van der Waals surface area contributed by atoms with Gasteiger partial charge in [0, 0.05) is 13.0 Å². The molecule has 1 aliphatic heterocycles. The molecule has 0 bridgehead atoms. The van der Waals surface area contributed by atoms with E-state index in [9.17, 15) is 14.0 Å². The van der Waals surface area contributed by atoms with Gasteiger partial charge in [-0.25, -0.2) is 9.18 Å². The smallest absolute Gasteiger partial charge is 0.343 e. The van der Waals surface area contributed by atoms with Crippen LogP contribution in [0.25, 0.3) is 0 Å². The van der Waals surface area contributed by atoms with Gasteiger partial charge in [-0.05, 0) is 30.7 Å². The van der Waals surface area contributed by atoms with Crippen LogP contribution in [-0.2, 0) is 9.59 Å². The van der Waals surface area contributed by atoms with E-state index in [-0.39, 0.29) is 19.6 Å². The standard InChI is InChI=1S/C16H20FNO5/c1-2-9-22-12-3-5-13(6-4-12)23-10-14(19)18-8-7-16(17,11-18)15(20)21/h3-6H,2,7-11H2,1H3,(H,20,21). The minimum absolute atomic E-state index is 0.0782. The minimum atomic E-state index is -2.35. The van der Waals surface area contributed by atoms with Crippen molar-refractivity contribution in [3.63, 3.8) is 0 Å². The van der Waals surface area contributed by atoms with Crippen LogP contribution in [0, 0.1) is 0 Å². The number of hydrogen-bond acceptors (Lipinski definition) is 4. The Labute approximate surface area is 133 Å². The van der Waals surface area contributed by atoms with Crippen LogP contribution < -0.4 is 9.47 Å². The lowest BCUT2D eigenvalue weighted by Gasteiger charge is -2.18. The summed E-state index contributed by atoms with van der Waals surface area (Å²) in [6.07, 6.45) is 0.715. The molecule has 1 unspecified atom stereocenters. The summed E-state index contributed by atoms with van der Waals surface area (Å²) in [6, 6.07) is 6.84. The summed E-state index contributed by atoms with van der Waals surface area (Å²) in [5.74, 6) is -0.756. The van der Waals surface area contributed by atoms with Gasteiger partial charge >= 0.3 is 5.97 Å². The fourth-order valence-corrected chi connectivity index (χ4v) is 2.25. The minimum Gasteiger partial charge on any atom is -0.494 e. The molecule has 6 nitrogen and oxygen atoms in total. The zero-order valence-electron chi connectivity index (χ0n) is 13.0. The van der Waals surface area contributed by atoms with Gasteiger partial charge in [-0.3, -0.25) is 4.79 Å². The van der Waals surface area contributed by atoms with E-state index in [0.29, 0.717) is 18.1 Å². The molecule has 1 atom stereocenters. The van der Waals surface area contributed by atoms with Gasteiger partial charge in [0.15, 0.2) is 6.61 Å². The van der Waals surface area contributed by atoms with E-state index in [1.54, 1.807) is 24.3 Å². The Morgan fingerprint density at radius 2 is 1.87 bits per heavy atom. The highest BCUT2D eigenvalue weighted by Gasteiger charge is 2.46. The van der Waals surface area contributed by atoms with E-state index in [1.807, 2.05) is 6.92 Å². The maximum atomic E-state index is 13.9. The van der Waals surface area contributed by atoms with Crippen molar-refractivity contribution in [1.82, 2.24) is 4.90 Å². The predicted octanol–water partition coefficient (Wildman–Crippen LogP) is 1.88. The number of carbonyl (C=O) groups is 2. The summed E-state index contributed by atoms with van der Waals surface area (Å²) < 4.78 is 24.7. The summed E-state index contributed by atoms with van der Waals surface area (Å²) in [5, 5.41) is 8.81. The molecule has 1 fully saturated rings. The monoisotopic (exact) mass is 325 g/mol. The molecule has 23 heavy (non-hydrogen) atoms. The van der Waals surface area contributed by atoms with E-state index < -0.39 is 24.1 Å². The molecule has 126 valence electrons. The van der Waals surface area contributed by atoms with Crippen LogP contribution in [0.15, 0.2) is 24.3 Å². The van der Waals surface area contributed by atoms with Gasteiger partial charge < -0.3 is 19.5 Å². The first-order valence-electron chi connectivity index (χ1n) is 7.50. The highest BCUT2D eigenvalue weighted by molar-refractivity contribution is 5.83. The summed E-state index contributed by atoms with van der Waals surface area (Å²) in [5.41, 5.74) is -2.35. The second kappa shape index (κ2) is 7.30. The Morgan fingerprint density at radius 1 is 1.26 bits per heavy atom. The first-order valence-corrected chi connectivity index (χ1v) is 7.50. The molecule has 1 amide bonds. The molecule has 1 aliphatic rings. The highest BCUT2D eigenvalue weighted by atomic mass is 19.1. The molecule has 0 radical (unpaired) electrons. The van der Waals surface area contributed by atoms with E-state index in [0.717, 1.165) is 6.42 Å². The molecule has 1 aromatic carbocycles. The molecule has 1 N–H and O–H groups in total. The molecule has 0 saturated carbocycles. The van der Waals surface area contributed by atoms with Crippen molar-refractivity contribution in [1.29, 1.82) is 0 Å². The van der Waals surface area contributed by atoms with Crippen LogP contribution in [0.1, 0.15) is 19.8 Å². The number of aliphatic carboxylic acids is 1. The van der Waals surface area contributed by atoms with Crippen molar-refractivity contribution < 1.29 is 28.6 Å². The van der Waals surface area contributed by atoms with Crippen molar-refractivity contribution in [2.75, 3.05) is 26.3 Å². The summed E-state index contributed by atoms with van der Waals surface area (Å²) >= 11 is 0. The topological polar surface area (TPSA) is 76.1 Å². The normalized spacial score (nSPS) is 20.3. The summed E-state index contributed by atoms with van der Waals surface area (Å²) in [6.45, 7) is 2.02. The average Bonchev–Trinajstić information content (AvgIpc) is 2.95. The lowest BCUT2D eigenvalue weighted by atomic mass is 10.1. The number of carboxylic acids is 1. The lowest BCUT2D eigenvalue weighted by Crippen LogP contribution is -2.40. The van der Waals surface area contributed by atoms with Crippen molar-refractivity contribution >= 4 is 11.9 Å². The fourth-order valence-electron chi connectivity index (χ4n) is 2.25. The molecular formula is C16H20FNO5. The number of rotatable bonds is 7. The van der Waals surface area contributed by atoms with Gasteiger partial charge in [0.1, 0.15) is 11.5 Å². The van der Waals surface area contributed by atoms with Gasteiger partial charge in [-0.2, -0.15) is 0 Å². The van der Waals surface area contributed by atoms with E-state index in [2.05, 4.69) is 0 Å². The SMILES string of the molecule is CCCOc1ccc(OCC(=O)N2CCC(F)(C(=O)O)C2)cc1. The van der Waals surface area contributed by atoms with Crippen molar-refractivity contribution in [3.8, 4) is 11.5 Å². The van der Waals surface area contributed by atoms with Crippen LogP contribution in [0.2, 0.25) is 0 Å². The Balaban J connectivity index is 1.82. The number of ether oxygens (including phenoxy) is 2. The number of benzene rings is 1. The Bertz CT molecular complexity index is 562. The average molecular weight is 325 g/mol. The third-order valence-corrected chi connectivity index (χ3v) is 3.61. The Kier molecular flexibility index (Phi) is 5.41. The van der Waals surface area contributed by atoms with Gasteiger partial charge in [0.25, 0.3) is 5.91 Å². The third kappa shape index (κ3) is 4.34. The van der Waals surface area contributed by atoms with Gasteiger partial charge in [0.2, 0.25) is 5.67 Å². The lowest BCUT2D eigenvalue weighted by molar-refractivity contribution is -0.150. The number of nitrogens with zero attached hydrogens (tertiary/aromatic N) is 1. The van der Waals surface area contributed by atoms with Crippen molar-refractivity contribution in [2.45, 2.75) is 25.4 Å². The predicted molar refractivity (Wildman–Crippen MR) is 80.4 cm³/mol. The molecular weight excluding hydrogens is 305 g/mol. The fraction of sp³-hybridized carbons (Fsp3) is 0.500. The van der Waals surface area contributed by atoms with E-state index in [1.165, 1.54) is 4.90 Å². The van der Waals surface area contributed by atoms with E-state index >= 15 is 0 Å². The maximum Gasteiger partial charge on any atom is 0.343 e. The zero-order chi connectivity index (χ0) is 16.9. The van der Waals surface area contributed by atoms with Crippen LogP contribution in [0.3, 0.4) is 0 Å². The number of amides is 1. The first kappa shape index (κ1) is 17.1. The molecule has 1 aromatic rings. The van der Waals surface area contributed by atoms with Crippen molar-refractivity contribution in [3.05, 3.63) is 24.3 Å². The van der Waals surface area contributed by atoms with Crippen LogP contribution >= 0.6 is 0 Å². The Morgan fingerprint density at radius 3 is 2.39 bits per heavy atom. The quantitative estimate of drug-likeness (QED) is 0.828.